The first-order valence-corrected chi connectivity index (χ1v) is 9.81. The number of nitrogens with zero attached hydrogens (tertiary/aromatic N) is 1. The molecular formula is C14H24ClN3O3S2. The summed E-state index contributed by atoms with van der Waals surface area (Å²) >= 11 is 1.13. The van der Waals surface area contributed by atoms with Crippen LogP contribution >= 0.6 is 23.7 Å². The van der Waals surface area contributed by atoms with Gasteiger partial charge in [-0.2, -0.15) is 4.72 Å². The predicted molar refractivity (Wildman–Crippen MR) is 94.4 cm³/mol. The van der Waals surface area contributed by atoms with Gasteiger partial charge < -0.3 is 10.6 Å². The van der Waals surface area contributed by atoms with Crippen LogP contribution < -0.4 is 10.5 Å². The van der Waals surface area contributed by atoms with Crippen LogP contribution in [-0.4, -0.2) is 43.9 Å². The van der Waals surface area contributed by atoms with Gasteiger partial charge in [0.25, 0.3) is 10.0 Å². The summed E-state index contributed by atoms with van der Waals surface area (Å²) in [6, 6.07) is 2.25. The molecule has 2 rings (SSSR count). The van der Waals surface area contributed by atoms with E-state index in [0.717, 1.165) is 30.6 Å². The van der Waals surface area contributed by atoms with Crippen LogP contribution in [0.2, 0.25) is 0 Å². The van der Waals surface area contributed by atoms with E-state index in [1.54, 1.807) is 23.3 Å². The summed E-state index contributed by atoms with van der Waals surface area (Å²) in [7, 11) is -3.65. The van der Waals surface area contributed by atoms with Crippen LogP contribution in [0.5, 0.6) is 0 Å². The van der Waals surface area contributed by atoms with Gasteiger partial charge in [-0.05, 0) is 44.6 Å². The van der Waals surface area contributed by atoms with E-state index in [9.17, 15) is 13.2 Å². The third-order valence-electron chi connectivity index (χ3n) is 3.90. The van der Waals surface area contributed by atoms with Crippen LogP contribution in [-0.2, 0) is 14.8 Å². The van der Waals surface area contributed by atoms with E-state index in [1.165, 1.54) is 6.07 Å². The van der Waals surface area contributed by atoms with Crippen molar-refractivity contribution in [2.24, 2.45) is 5.73 Å². The monoisotopic (exact) mass is 381 g/mol. The topological polar surface area (TPSA) is 92.5 Å². The van der Waals surface area contributed by atoms with E-state index in [0.29, 0.717) is 6.54 Å². The lowest BCUT2D eigenvalue weighted by Crippen LogP contribution is -2.56. The Morgan fingerprint density at radius 3 is 2.70 bits per heavy atom. The standard InChI is InChI=1S/C14H23N3O3S2.ClH/c1-10(15)12-6-3-4-8-17(12)14(18)11(2)16-22(19,20)13-7-5-9-21-13;/h5,7,9-12,16H,3-4,6,8,15H2,1-2H3;1H. The zero-order chi connectivity index (χ0) is 16.3. The Balaban J connectivity index is 0.00000264. The van der Waals surface area contributed by atoms with Crippen molar-refractivity contribution in [1.29, 1.82) is 0 Å². The van der Waals surface area contributed by atoms with Gasteiger partial charge in [-0.1, -0.05) is 6.07 Å². The molecule has 3 atom stereocenters. The molecule has 1 saturated heterocycles. The first kappa shape index (κ1) is 20.4. The SMILES string of the molecule is CC(NS(=O)(=O)c1cccs1)C(=O)N1CCCCC1C(C)N.Cl. The number of carbonyl (C=O) groups excluding carboxylic acids is 1. The molecule has 9 heteroatoms. The van der Waals surface area contributed by atoms with Crippen molar-refractivity contribution >= 4 is 39.7 Å². The summed E-state index contributed by atoms with van der Waals surface area (Å²) in [5, 5.41) is 1.69. The summed E-state index contributed by atoms with van der Waals surface area (Å²) in [5.41, 5.74) is 5.97. The number of piperidine rings is 1. The molecule has 1 fully saturated rings. The highest BCUT2D eigenvalue weighted by atomic mass is 35.5. The molecule has 1 aliphatic rings. The maximum Gasteiger partial charge on any atom is 0.250 e. The van der Waals surface area contributed by atoms with E-state index in [1.807, 2.05) is 6.92 Å². The fourth-order valence-corrected chi connectivity index (χ4v) is 4.99. The van der Waals surface area contributed by atoms with Gasteiger partial charge in [0.2, 0.25) is 5.91 Å². The molecule has 0 saturated carbocycles. The van der Waals surface area contributed by atoms with Crippen LogP contribution in [0.4, 0.5) is 0 Å². The third-order valence-corrected chi connectivity index (χ3v) is 6.84. The highest BCUT2D eigenvalue weighted by Crippen LogP contribution is 2.21. The van der Waals surface area contributed by atoms with Gasteiger partial charge >= 0.3 is 0 Å². The molecule has 132 valence electrons. The lowest BCUT2D eigenvalue weighted by Gasteiger charge is -2.39. The van der Waals surface area contributed by atoms with E-state index in [2.05, 4.69) is 4.72 Å². The number of hydrogen-bond acceptors (Lipinski definition) is 5. The number of nitrogens with one attached hydrogen (secondary N) is 1. The van der Waals surface area contributed by atoms with Crippen LogP contribution in [0, 0.1) is 0 Å². The molecule has 1 aromatic heterocycles. The number of hydrogen-bond donors (Lipinski definition) is 2. The maximum absolute atomic E-state index is 12.6. The van der Waals surface area contributed by atoms with Gasteiger partial charge in [0.1, 0.15) is 4.21 Å². The molecule has 0 aromatic carbocycles. The summed E-state index contributed by atoms with van der Waals surface area (Å²) in [5.74, 6) is -0.206. The van der Waals surface area contributed by atoms with Gasteiger partial charge in [0.05, 0.1) is 6.04 Å². The quantitative estimate of drug-likeness (QED) is 0.809. The van der Waals surface area contributed by atoms with Crippen molar-refractivity contribution < 1.29 is 13.2 Å². The molecule has 0 radical (unpaired) electrons. The first-order chi connectivity index (χ1) is 10.3. The van der Waals surface area contributed by atoms with Gasteiger partial charge in [0, 0.05) is 18.6 Å². The second kappa shape index (κ2) is 8.43. The fourth-order valence-electron chi connectivity index (χ4n) is 2.78. The van der Waals surface area contributed by atoms with Crippen molar-refractivity contribution in [3.63, 3.8) is 0 Å². The third kappa shape index (κ3) is 4.90. The van der Waals surface area contributed by atoms with Crippen molar-refractivity contribution in [3.8, 4) is 0 Å². The summed E-state index contributed by atoms with van der Waals surface area (Å²) in [4.78, 5) is 14.3. The zero-order valence-corrected chi connectivity index (χ0v) is 15.7. The van der Waals surface area contributed by atoms with Gasteiger partial charge in [-0.25, -0.2) is 8.42 Å². The van der Waals surface area contributed by atoms with Crippen LogP contribution in [0.15, 0.2) is 21.7 Å². The molecular weight excluding hydrogens is 358 g/mol. The number of amides is 1. The molecule has 1 aliphatic heterocycles. The van der Waals surface area contributed by atoms with Crippen LogP contribution in [0.1, 0.15) is 33.1 Å². The Labute approximate surface area is 147 Å². The number of carbonyl (C=O) groups is 1. The van der Waals surface area contributed by atoms with Crippen LogP contribution in [0.25, 0.3) is 0 Å². The summed E-state index contributed by atoms with van der Waals surface area (Å²) in [6.45, 7) is 4.10. The minimum atomic E-state index is -3.65. The average molecular weight is 382 g/mol. The normalized spacial score (nSPS) is 21.3. The predicted octanol–water partition coefficient (Wildman–Crippen LogP) is 1.57. The molecule has 23 heavy (non-hydrogen) atoms. The van der Waals surface area contributed by atoms with E-state index in [-0.39, 0.29) is 34.6 Å². The average Bonchev–Trinajstić information content (AvgIpc) is 3.01. The van der Waals surface area contributed by atoms with Gasteiger partial charge in [0.15, 0.2) is 0 Å². The number of rotatable bonds is 5. The second-order valence-corrected chi connectivity index (χ2v) is 8.62. The minimum Gasteiger partial charge on any atom is -0.337 e. The molecule has 1 aromatic rings. The number of thiophene rings is 1. The molecule has 2 heterocycles. The second-order valence-electron chi connectivity index (χ2n) is 5.73. The maximum atomic E-state index is 12.6. The number of sulfonamides is 1. The minimum absolute atomic E-state index is 0. The molecule has 3 N–H and O–H groups in total. The first-order valence-electron chi connectivity index (χ1n) is 7.45. The van der Waals surface area contributed by atoms with Crippen molar-refractivity contribution in [2.45, 2.75) is 55.4 Å². The number of likely N-dealkylation sites (tertiary alicyclic amines) is 1. The number of nitrogens with two attached hydrogens (primary N) is 1. The van der Waals surface area contributed by atoms with Crippen LogP contribution in [0.3, 0.4) is 0 Å². The molecule has 6 nitrogen and oxygen atoms in total. The molecule has 0 bridgehead atoms. The lowest BCUT2D eigenvalue weighted by atomic mass is 9.96. The van der Waals surface area contributed by atoms with E-state index in [4.69, 9.17) is 5.73 Å². The highest BCUT2D eigenvalue weighted by molar-refractivity contribution is 7.91. The Bertz CT molecular complexity index is 605. The van der Waals surface area contributed by atoms with Crippen molar-refractivity contribution in [3.05, 3.63) is 17.5 Å². The number of halogens is 1. The van der Waals surface area contributed by atoms with Crippen molar-refractivity contribution in [1.82, 2.24) is 9.62 Å². The Kier molecular flexibility index (Phi) is 7.47. The highest BCUT2D eigenvalue weighted by Gasteiger charge is 2.33. The van der Waals surface area contributed by atoms with Gasteiger partial charge in [-0.15, -0.1) is 23.7 Å². The summed E-state index contributed by atoms with van der Waals surface area (Å²) in [6.07, 6.45) is 2.85. The lowest BCUT2D eigenvalue weighted by molar-refractivity contribution is -0.136. The smallest absolute Gasteiger partial charge is 0.250 e. The Morgan fingerprint density at radius 1 is 1.43 bits per heavy atom. The Hall–Kier alpha value is -0.670. The van der Waals surface area contributed by atoms with E-state index < -0.39 is 16.1 Å². The Morgan fingerprint density at radius 2 is 2.13 bits per heavy atom. The largest absolute Gasteiger partial charge is 0.337 e. The molecule has 1 amide bonds. The molecule has 0 spiro atoms. The fraction of sp³-hybridized carbons (Fsp3) is 0.643. The summed E-state index contributed by atoms with van der Waals surface area (Å²) < 4.78 is 27.1. The van der Waals surface area contributed by atoms with Gasteiger partial charge in [-0.3, -0.25) is 4.79 Å². The molecule has 3 unspecified atom stereocenters. The molecule has 0 aliphatic carbocycles. The zero-order valence-electron chi connectivity index (χ0n) is 13.3. The van der Waals surface area contributed by atoms with E-state index >= 15 is 0 Å². The van der Waals surface area contributed by atoms with Crippen molar-refractivity contribution in [2.75, 3.05) is 6.54 Å².